The molecule has 0 aromatic rings. The number of rotatable bonds is 4. The Balaban J connectivity index is 2.35. The summed E-state index contributed by atoms with van der Waals surface area (Å²) in [4.78, 5) is 15.4. The number of amides is 1. The molecule has 84 valence electrons. The summed E-state index contributed by atoms with van der Waals surface area (Å²) < 4.78 is 5.17. The van der Waals surface area contributed by atoms with E-state index in [4.69, 9.17) is 10.00 Å². The molecule has 5 nitrogen and oxygen atoms in total. The molecule has 0 N–H and O–H groups in total. The third-order valence-corrected chi connectivity index (χ3v) is 2.46. The van der Waals surface area contributed by atoms with Gasteiger partial charge in [0, 0.05) is 13.1 Å². The van der Waals surface area contributed by atoms with Gasteiger partial charge in [-0.1, -0.05) is 6.92 Å². The highest BCUT2D eigenvalue weighted by molar-refractivity contribution is 5.78. The summed E-state index contributed by atoms with van der Waals surface area (Å²) in [7, 11) is 0. The van der Waals surface area contributed by atoms with Gasteiger partial charge in [-0.25, -0.2) is 0 Å². The second kappa shape index (κ2) is 6.38. The number of nitrogens with zero attached hydrogens (tertiary/aromatic N) is 3. The molecule has 1 fully saturated rings. The first-order valence-corrected chi connectivity index (χ1v) is 5.22. The van der Waals surface area contributed by atoms with Gasteiger partial charge in [0.05, 0.1) is 32.4 Å². The van der Waals surface area contributed by atoms with Crippen molar-refractivity contribution in [2.75, 3.05) is 45.9 Å². The van der Waals surface area contributed by atoms with Crippen LogP contribution in [0.3, 0.4) is 0 Å². The predicted octanol–water partition coefficient (Wildman–Crippen LogP) is -0.309. The molecule has 1 amide bonds. The lowest BCUT2D eigenvalue weighted by molar-refractivity contribution is -0.136. The van der Waals surface area contributed by atoms with Crippen molar-refractivity contribution in [2.45, 2.75) is 6.92 Å². The van der Waals surface area contributed by atoms with Crippen LogP contribution in [0.15, 0.2) is 0 Å². The van der Waals surface area contributed by atoms with Gasteiger partial charge in [-0.05, 0) is 6.54 Å². The standard InChI is InChI=1S/C10H17N3O2/c1-2-12(4-3-11)9-10(14)13-5-7-15-8-6-13/h2,4-9H2,1H3. The van der Waals surface area contributed by atoms with Crippen LogP contribution in [-0.4, -0.2) is 61.6 Å². The normalized spacial score (nSPS) is 16.5. The average molecular weight is 211 g/mol. The van der Waals surface area contributed by atoms with Crippen molar-refractivity contribution >= 4 is 5.91 Å². The maximum atomic E-state index is 11.8. The van der Waals surface area contributed by atoms with Gasteiger partial charge < -0.3 is 9.64 Å². The van der Waals surface area contributed by atoms with Crippen LogP contribution >= 0.6 is 0 Å². The summed E-state index contributed by atoms with van der Waals surface area (Å²) >= 11 is 0. The minimum Gasteiger partial charge on any atom is -0.378 e. The molecule has 0 unspecified atom stereocenters. The van der Waals surface area contributed by atoms with E-state index in [1.54, 1.807) is 4.90 Å². The van der Waals surface area contributed by atoms with Crippen LogP contribution in [0.1, 0.15) is 6.92 Å². The number of carbonyl (C=O) groups is 1. The summed E-state index contributed by atoms with van der Waals surface area (Å²) in [6.45, 7) is 5.91. The molecule has 0 saturated carbocycles. The fraction of sp³-hybridized carbons (Fsp3) is 0.800. The predicted molar refractivity (Wildman–Crippen MR) is 55.1 cm³/mol. The van der Waals surface area contributed by atoms with Crippen molar-refractivity contribution in [3.05, 3.63) is 0 Å². The maximum absolute atomic E-state index is 11.8. The summed E-state index contributed by atoms with van der Waals surface area (Å²) in [6, 6.07) is 2.06. The fourth-order valence-corrected chi connectivity index (χ4v) is 1.48. The summed E-state index contributed by atoms with van der Waals surface area (Å²) in [5.41, 5.74) is 0. The van der Waals surface area contributed by atoms with Gasteiger partial charge in [-0.3, -0.25) is 9.69 Å². The molecule has 1 saturated heterocycles. The van der Waals surface area contributed by atoms with Crippen LogP contribution in [0.2, 0.25) is 0 Å². The zero-order valence-corrected chi connectivity index (χ0v) is 9.11. The van der Waals surface area contributed by atoms with E-state index in [-0.39, 0.29) is 5.91 Å². The van der Waals surface area contributed by atoms with Gasteiger partial charge in [0.2, 0.25) is 5.91 Å². The number of ether oxygens (including phenoxy) is 1. The SMILES string of the molecule is CCN(CC#N)CC(=O)N1CCOCC1. The summed E-state index contributed by atoms with van der Waals surface area (Å²) in [6.07, 6.45) is 0. The van der Waals surface area contributed by atoms with Gasteiger partial charge in [0.25, 0.3) is 0 Å². The zero-order chi connectivity index (χ0) is 11.1. The van der Waals surface area contributed by atoms with Crippen LogP contribution in [0.4, 0.5) is 0 Å². The second-order valence-electron chi connectivity index (χ2n) is 3.45. The minimum absolute atomic E-state index is 0.0930. The Morgan fingerprint density at radius 3 is 2.73 bits per heavy atom. The quantitative estimate of drug-likeness (QED) is 0.599. The Bertz CT molecular complexity index is 244. The molecule has 0 aliphatic carbocycles. The lowest BCUT2D eigenvalue weighted by Gasteiger charge is -2.28. The molecule has 0 aromatic heterocycles. The molecule has 0 atom stereocenters. The van der Waals surface area contributed by atoms with Crippen LogP contribution in [0.25, 0.3) is 0 Å². The number of hydrogen-bond donors (Lipinski definition) is 0. The maximum Gasteiger partial charge on any atom is 0.236 e. The zero-order valence-electron chi connectivity index (χ0n) is 9.11. The monoisotopic (exact) mass is 211 g/mol. The molecular weight excluding hydrogens is 194 g/mol. The number of likely N-dealkylation sites (N-methyl/N-ethyl adjacent to an activating group) is 1. The summed E-state index contributed by atoms with van der Waals surface area (Å²) in [5.74, 6) is 0.0930. The highest BCUT2D eigenvalue weighted by Crippen LogP contribution is 1.99. The molecule has 0 bridgehead atoms. The molecule has 0 spiro atoms. The lowest BCUT2D eigenvalue weighted by Crippen LogP contribution is -2.45. The van der Waals surface area contributed by atoms with E-state index in [1.807, 2.05) is 11.8 Å². The molecular formula is C10H17N3O2. The number of hydrogen-bond acceptors (Lipinski definition) is 4. The first kappa shape index (κ1) is 12.0. The molecule has 15 heavy (non-hydrogen) atoms. The Morgan fingerprint density at radius 1 is 1.53 bits per heavy atom. The van der Waals surface area contributed by atoms with E-state index in [1.165, 1.54) is 0 Å². The molecule has 1 rings (SSSR count). The van der Waals surface area contributed by atoms with Gasteiger partial charge >= 0.3 is 0 Å². The van der Waals surface area contributed by atoms with E-state index in [0.717, 1.165) is 6.54 Å². The number of nitriles is 1. The van der Waals surface area contributed by atoms with Crippen LogP contribution in [0, 0.1) is 11.3 Å². The van der Waals surface area contributed by atoms with Gasteiger partial charge in [-0.15, -0.1) is 0 Å². The number of morpholine rings is 1. The van der Waals surface area contributed by atoms with E-state index < -0.39 is 0 Å². The largest absolute Gasteiger partial charge is 0.378 e. The highest BCUT2D eigenvalue weighted by Gasteiger charge is 2.18. The third kappa shape index (κ3) is 3.86. The van der Waals surface area contributed by atoms with E-state index in [2.05, 4.69) is 6.07 Å². The fourth-order valence-electron chi connectivity index (χ4n) is 1.48. The topological polar surface area (TPSA) is 56.6 Å². The lowest BCUT2D eigenvalue weighted by atomic mass is 10.3. The van der Waals surface area contributed by atoms with Crippen molar-refractivity contribution in [3.8, 4) is 6.07 Å². The Hall–Kier alpha value is -1.12. The molecule has 0 aromatic carbocycles. The molecule has 1 aliphatic heterocycles. The van der Waals surface area contributed by atoms with Gasteiger partial charge in [0.15, 0.2) is 0 Å². The third-order valence-electron chi connectivity index (χ3n) is 2.46. The minimum atomic E-state index is 0.0930. The molecule has 5 heteroatoms. The van der Waals surface area contributed by atoms with Crippen LogP contribution in [0.5, 0.6) is 0 Å². The molecule has 1 heterocycles. The van der Waals surface area contributed by atoms with Crippen molar-refractivity contribution in [1.29, 1.82) is 5.26 Å². The Labute approximate surface area is 90.2 Å². The van der Waals surface area contributed by atoms with Crippen molar-refractivity contribution < 1.29 is 9.53 Å². The van der Waals surface area contributed by atoms with Crippen LogP contribution < -0.4 is 0 Å². The van der Waals surface area contributed by atoms with Crippen LogP contribution in [-0.2, 0) is 9.53 Å². The Morgan fingerprint density at radius 2 is 2.20 bits per heavy atom. The molecule has 0 radical (unpaired) electrons. The van der Waals surface area contributed by atoms with E-state index >= 15 is 0 Å². The van der Waals surface area contributed by atoms with E-state index in [9.17, 15) is 4.79 Å². The first-order valence-electron chi connectivity index (χ1n) is 5.22. The van der Waals surface area contributed by atoms with Crippen molar-refractivity contribution in [2.24, 2.45) is 0 Å². The van der Waals surface area contributed by atoms with Gasteiger partial charge in [-0.2, -0.15) is 5.26 Å². The average Bonchev–Trinajstić information content (AvgIpc) is 2.29. The first-order chi connectivity index (χ1) is 7.27. The smallest absolute Gasteiger partial charge is 0.236 e. The highest BCUT2D eigenvalue weighted by atomic mass is 16.5. The van der Waals surface area contributed by atoms with E-state index in [0.29, 0.717) is 39.4 Å². The second-order valence-corrected chi connectivity index (χ2v) is 3.45. The van der Waals surface area contributed by atoms with Gasteiger partial charge in [0.1, 0.15) is 0 Å². The number of carbonyl (C=O) groups excluding carboxylic acids is 1. The summed E-state index contributed by atoms with van der Waals surface area (Å²) in [5, 5.41) is 8.55. The van der Waals surface area contributed by atoms with Crippen molar-refractivity contribution in [1.82, 2.24) is 9.80 Å². The van der Waals surface area contributed by atoms with Crippen molar-refractivity contribution in [3.63, 3.8) is 0 Å². The molecule has 1 aliphatic rings. The Kier molecular flexibility index (Phi) is 5.08.